The van der Waals surface area contributed by atoms with Crippen LogP contribution >= 0.6 is 23.2 Å². The molecule has 0 saturated heterocycles. The summed E-state index contributed by atoms with van der Waals surface area (Å²) in [5, 5.41) is 0.478. The van der Waals surface area contributed by atoms with Gasteiger partial charge >= 0.3 is 0 Å². The molecular formula is C18H19Cl2NO3. The number of carbonyl (C=O) groups is 1. The smallest absolute Gasteiger partial charge is 0.159 e. The number of ether oxygens (including phenoxy) is 2. The molecule has 0 aliphatic carbocycles. The maximum absolute atomic E-state index is 11.7. The minimum absolute atomic E-state index is 0.0637. The molecule has 0 heterocycles. The predicted octanol–water partition coefficient (Wildman–Crippen LogP) is 4.00. The summed E-state index contributed by atoms with van der Waals surface area (Å²) >= 11 is 12.4. The summed E-state index contributed by atoms with van der Waals surface area (Å²) in [6.45, 7) is 1.49. The zero-order valence-corrected chi connectivity index (χ0v) is 15.2. The van der Waals surface area contributed by atoms with E-state index in [2.05, 4.69) is 0 Å². The van der Waals surface area contributed by atoms with E-state index in [1.807, 2.05) is 0 Å². The van der Waals surface area contributed by atoms with Crippen LogP contribution in [0.2, 0.25) is 5.02 Å². The van der Waals surface area contributed by atoms with Gasteiger partial charge in [0.15, 0.2) is 5.78 Å². The number of hydrogen-bond acceptors (Lipinski definition) is 4. The number of methoxy groups -OCH3 is 2. The van der Waals surface area contributed by atoms with Gasteiger partial charge in [0.2, 0.25) is 0 Å². The third kappa shape index (κ3) is 3.51. The lowest BCUT2D eigenvalue weighted by Crippen LogP contribution is -2.40. The summed E-state index contributed by atoms with van der Waals surface area (Å²) in [7, 11) is 3.09. The summed E-state index contributed by atoms with van der Waals surface area (Å²) in [4.78, 5) is 11.7. The second-order valence-electron chi connectivity index (χ2n) is 5.46. The van der Waals surface area contributed by atoms with Crippen molar-refractivity contribution >= 4 is 29.0 Å². The predicted molar refractivity (Wildman–Crippen MR) is 96.7 cm³/mol. The van der Waals surface area contributed by atoms with Gasteiger partial charge in [-0.15, -0.1) is 11.6 Å². The molecule has 1 unspecified atom stereocenters. The van der Waals surface area contributed by atoms with Crippen LogP contribution in [0.15, 0.2) is 36.4 Å². The normalized spacial score (nSPS) is 13.2. The van der Waals surface area contributed by atoms with E-state index in [4.69, 9.17) is 38.4 Å². The van der Waals surface area contributed by atoms with Crippen LogP contribution in [0, 0.1) is 0 Å². The lowest BCUT2D eigenvalue weighted by molar-refractivity contribution is 0.101. The summed E-state index contributed by atoms with van der Waals surface area (Å²) in [5.74, 6) is 1.11. The highest BCUT2D eigenvalue weighted by molar-refractivity contribution is 6.30. The highest BCUT2D eigenvalue weighted by atomic mass is 35.5. The van der Waals surface area contributed by atoms with E-state index in [1.54, 1.807) is 50.6 Å². The van der Waals surface area contributed by atoms with Crippen LogP contribution in [0.25, 0.3) is 0 Å². The van der Waals surface area contributed by atoms with Crippen molar-refractivity contribution < 1.29 is 14.3 Å². The van der Waals surface area contributed by atoms with Gasteiger partial charge in [-0.2, -0.15) is 0 Å². The molecule has 6 heteroatoms. The molecule has 128 valence electrons. The number of ketones is 1. The van der Waals surface area contributed by atoms with Crippen molar-refractivity contribution in [3.05, 3.63) is 58.1 Å². The molecule has 0 spiro atoms. The van der Waals surface area contributed by atoms with E-state index in [0.717, 1.165) is 0 Å². The Bertz CT molecular complexity index is 764. The summed E-state index contributed by atoms with van der Waals surface area (Å²) in [6, 6.07) is 10.3. The Balaban J connectivity index is 2.71. The Morgan fingerprint density at radius 1 is 1.17 bits per heavy atom. The van der Waals surface area contributed by atoms with Crippen molar-refractivity contribution in [1.29, 1.82) is 0 Å². The Morgan fingerprint density at radius 2 is 1.88 bits per heavy atom. The monoisotopic (exact) mass is 367 g/mol. The lowest BCUT2D eigenvalue weighted by Gasteiger charge is -2.30. The molecule has 0 fully saturated rings. The zero-order chi connectivity index (χ0) is 17.9. The van der Waals surface area contributed by atoms with E-state index in [-0.39, 0.29) is 11.7 Å². The van der Waals surface area contributed by atoms with Crippen LogP contribution in [0.3, 0.4) is 0 Å². The maximum atomic E-state index is 11.7. The maximum Gasteiger partial charge on any atom is 0.159 e. The molecule has 0 saturated carbocycles. The van der Waals surface area contributed by atoms with Crippen molar-refractivity contribution in [2.45, 2.75) is 12.5 Å². The molecule has 0 radical (unpaired) electrons. The first-order valence-electron chi connectivity index (χ1n) is 7.25. The third-order valence-corrected chi connectivity index (χ3v) is 4.56. The quantitative estimate of drug-likeness (QED) is 0.618. The summed E-state index contributed by atoms with van der Waals surface area (Å²) < 4.78 is 10.7. The molecule has 2 N–H and O–H groups in total. The lowest BCUT2D eigenvalue weighted by atomic mass is 9.83. The average molecular weight is 368 g/mol. The fourth-order valence-electron chi connectivity index (χ4n) is 2.52. The van der Waals surface area contributed by atoms with Gasteiger partial charge < -0.3 is 15.2 Å². The van der Waals surface area contributed by atoms with Gasteiger partial charge in [0.1, 0.15) is 11.5 Å². The van der Waals surface area contributed by atoms with Crippen LogP contribution in [0.5, 0.6) is 11.5 Å². The zero-order valence-electron chi connectivity index (χ0n) is 13.7. The number of halogens is 2. The highest BCUT2D eigenvalue weighted by Crippen LogP contribution is 2.38. The Kier molecular flexibility index (Phi) is 5.75. The SMILES string of the molecule is COc1cc(Cl)cc(C(N)(CCl)c2cc(C(C)=O)ccc2OC)c1. The van der Waals surface area contributed by atoms with Gasteiger partial charge in [0, 0.05) is 22.0 Å². The van der Waals surface area contributed by atoms with Crippen molar-refractivity contribution in [3.8, 4) is 11.5 Å². The molecule has 2 aromatic rings. The molecule has 0 aromatic heterocycles. The number of benzene rings is 2. The number of hydrogen-bond donors (Lipinski definition) is 1. The molecule has 1 atom stereocenters. The van der Waals surface area contributed by atoms with Gasteiger partial charge in [-0.1, -0.05) is 11.6 Å². The van der Waals surface area contributed by atoms with Gasteiger partial charge in [-0.25, -0.2) is 0 Å². The Labute approximate surface area is 151 Å². The largest absolute Gasteiger partial charge is 0.497 e. The average Bonchev–Trinajstić information content (AvgIpc) is 2.59. The van der Waals surface area contributed by atoms with E-state index >= 15 is 0 Å². The first-order valence-corrected chi connectivity index (χ1v) is 8.16. The first-order chi connectivity index (χ1) is 11.3. The standard InChI is InChI=1S/C18H19Cl2NO3/c1-11(22)12-4-5-17(24-3)16(6-12)18(21,10-19)13-7-14(20)9-15(8-13)23-2/h4-9H,10,21H2,1-3H3. The summed E-state index contributed by atoms with van der Waals surface area (Å²) in [6.07, 6.45) is 0. The number of carbonyl (C=O) groups excluding carboxylic acids is 1. The van der Waals surface area contributed by atoms with Crippen LogP contribution < -0.4 is 15.2 Å². The van der Waals surface area contributed by atoms with Crippen molar-refractivity contribution in [2.24, 2.45) is 5.73 Å². The minimum Gasteiger partial charge on any atom is -0.497 e. The number of nitrogens with two attached hydrogens (primary N) is 1. The molecule has 0 aliphatic rings. The Hall–Kier alpha value is -1.75. The second-order valence-corrected chi connectivity index (χ2v) is 6.16. The molecule has 0 amide bonds. The third-order valence-electron chi connectivity index (χ3n) is 3.92. The van der Waals surface area contributed by atoms with E-state index in [9.17, 15) is 4.79 Å². The molecule has 4 nitrogen and oxygen atoms in total. The van der Waals surface area contributed by atoms with Gasteiger partial charge in [-0.3, -0.25) is 4.79 Å². The fraction of sp³-hybridized carbons (Fsp3) is 0.278. The van der Waals surface area contributed by atoms with Crippen molar-refractivity contribution in [1.82, 2.24) is 0 Å². The van der Waals surface area contributed by atoms with Gasteiger partial charge in [-0.05, 0) is 48.9 Å². The van der Waals surface area contributed by atoms with Gasteiger partial charge in [0.25, 0.3) is 0 Å². The Morgan fingerprint density at radius 3 is 2.42 bits per heavy atom. The van der Waals surface area contributed by atoms with Crippen molar-refractivity contribution in [2.75, 3.05) is 20.1 Å². The molecule has 0 aliphatic heterocycles. The van der Waals surface area contributed by atoms with Crippen molar-refractivity contribution in [3.63, 3.8) is 0 Å². The minimum atomic E-state index is -1.10. The fourth-order valence-corrected chi connectivity index (χ4v) is 3.04. The molecular weight excluding hydrogens is 349 g/mol. The van der Waals surface area contributed by atoms with E-state index in [0.29, 0.717) is 33.2 Å². The number of Topliss-reactive ketones (excluding diaryl/α,β-unsaturated/α-hetero) is 1. The van der Waals surface area contributed by atoms with Crippen LogP contribution in [0.4, 0.5) is 0 Å². The summed E-state index contributed by atoms with van der Waals surface area (Å²) in [5.41, 5.74) is 7.34. The van der Waals surface area contributed by atoms with Gasteiger partial charge in [0.05, 0.1) is 19.8 Å². The molecule has 24 heavy (non-hydrogen) atoms. The highest BCUT2D eigenvalue weighted by Gasteiger charge is 2.33. The van der Waals surface area contributed by atoms with Crippen LogP contribution in [-0.4, -0.2) is 25.9 Å². The molecule has 2 aromatic carbocycles. The first kappa shape index (κ1) is 18.6. The topological polar surface area (TPSA) is 61.5 Å². The van der Waals surface area contributed by atoms with Crippen LogP contribution in [-0.2, 0) is 5.54 Å². The number of rotatable bonds is 6. The number of alkyl halides is 1. The van der Waals surface area contributed by atoms with E-state index in [1.165, 1.54) is 6.92 Å². The molecule has 0 bridgehead atoms. The second kappa shape index (κ2) is 7.43. The molecule has 2 rings (SSSR count). The van der Waals surface area contributed by atoms with Crippen LogP contribution in [0.1, 0.15) is 28.4 Å². The van der Waals surface area contributed by atoms with E-state index < -0.39 is 5.54 Å².